The fourth-order valence-electron chi connectivity index (χ4n) is 1.84. The number of hydrogen-bond acceptors (Lipinski definition) is 3. The van der Waals surface area contributed by atoms with Crippen molar-refractivity contribution in [2.24, 2.45) is 5.92 Å². The molecule has 1 aromatic carbocycles. The summed E-state index contributed by atoms with van der Waals surface area (Å²) in [5.74, 6) is -0.456. The summed E-state index contributed by atoms with van der Waals surface area (Å²) in [5, 5.41) is 8.82. The monoisotopic (exact) mass is 268 g/mol. The zero-order valence-corrected chi connectivity index (χ0v) is 10.5. The molecule has 1 aliphatic rings. The summed E-state index contributed by atoms with van der Waals surface area (Å²) in [7, 11) is -3.81. The van der Waals surface area contributed by atoms with E-state index in [1.165, 1.54) is 12.1 Å². The fraction of sp³-hybridized carbons (Fsp3) is 0.417. The van der Waals surface area contributed by atoms with Gasteiger partial charge in [0.1, 0.15) is 22.3 Å². The van der Waals surface area contributed by atoms with Gasteiger partial charge < -0.3 is 0 Å². The zero-order valence-electron chi connectivity index (χ0n) is 9.69. The third-order valence-corrected chi connectivity index (χ3v) is 4.63. The van der Waals surface area contributed by atoms with E-state index < -0.39 is 21.4 Å². The molecule has 0 spiro atoms. The molecule has 1 aromatic rings. The fourth-order valence-corrected chi connectivity index (χ4v) is 3.12. The minimum Gasteiger partial charge on any atom is -0.211 e. The van der Waals surface area contributed by atoms with Crippen LogP contribution in [0.4, 0.5) is 4.39 Å². The second-order valence-electron chi connectivity index (χ2n) is 4.37. The van der Waals surface area contributed by atoms with Crippen molar-refractivity contribution in [3.63, 3.8) is 0 Å². The summed E-state index contributed by atoms with van der Waals surface area (Å²) in [4.78, 5) is -0.288. The number of nitrogens with zero attached hydrogens (tertiary/aromatic N) is 1. The van der Waals surface area contributed by atoms with Gasteiger partial charge in [-0.3, -0.25) is 0 Å². The van der Waals surface area contributed by atoms with Crippen LogP contribution < -0.4 is 4.72 Å². The number of benzene rings is 1. The summed E-state index contributed by atoms with van der Waals surface area (Å²) in [6, 6.07) is 5.19. The number of nitriles is 1. The maximum atomic E-state index is 13.3. The number of hydrogen-bond donors (Lipinski definition) is 1. The predicted molar refractivity (Wildman–Crippen MR) is 63.6 cm³/mol. The maximum absolute atomic E-state index is 13.3. The van der Waals surface area contributed by atoms with Gasteiger partial charge in [-0.1, -0.05) is 12.5 Å². The van der Waals surface area contributed by atoms with Crippen LogP contribution in [-0.4, -0.2) is 15.0 Å². The van der Waals surface area contributed by atoms with Gasteiger partial charge in [-0.05, 0) is 30.9 Å². The van der Waals surface area contributed by atoms with Gasteiger partial charge in [0.2, 0.25) is 10.0 Å². The number of sulfonamides is 1. The third-order valence-electron chi connectivity index (χ3n) is 3.16. The molecular weight excluding hydrogens is 255 g/mol. The van der Waals surface area contributed by atoms with Crippen LogP contribution in [0.25, 0.3) is 0 Å². The Morgan fingerprint density at radius 3 is 2.72 bits per heavy atom. The highest BCUT2D eigenvalue weighted by Crippen LogP contribution is 2.26. The Morgan fingerprint density at radius 2 is 2.17 bits per heavy atom. The van der Waals surface area contributed by atoms with Gasteiger partial charge in [-0.15, -0.1) is 0 Å². The van der Waals surface area contributed by atoms with Crippen molar-refractivity contribution in [3.8, 4) is 6.07 Å². The molecule has 4 nitrogen and oxygen atoms in total. The summed E-state index contributed by atoms with van der Waals surface area (Å²) in [5.41, 5.74) is -0.432. The lowest BCUT2D eigenvalue weighted by atomic mass is 9.86. The van der Waals surface area contributed by atoms with Gasteiger partial charge in [0.05, 0.1) is 0 Å². The molecule has 0 saturated heterocycles. The van der Waals surface area contributed by atoms with Gasteiger partial charge in [-0.2, -0.15) is 5.26 Å². The van der Waals surface area contributed by atoms with Crippen molar-refractivity contribution in [2.75, 3.05) is 6.54 Å². The molecule has 6 heteroatoms. The van der Waals surface area contributed by atoms with E-state index in [0.29, 0.717) is 12.5 Å². The highest BCUT2D eigenvalue weighted by atomic mass is 32.2. The molecule has 0 heterocycles. The SMILES string of the molecule is N#Cc1c(F)cccc1S(=O)(=O)NCC1CCC1. The van der Waals surface area contributed by atoms with E-state index in [4.69, 9.17) is 5.26 Å². The third kappa shape index (κ3) is 2.52. The van der Waals surface area contributed by atoms with Crippen LogP contribution in [-0.2, 0) is 10.0 Å². The summed E-state index contributed by atoms with van der Waals surface area (Å²) in [6.07, 6.45) is 3.14. The molecule has 2 rings (SSSR count). The van der Waals surface area contributed by atoms with E-state index in [2.05, 4.69) is 4.72 Å². The Hall–Kier alpha value is -1.45. The molecule has 0 aliphatic heterocycles. The average molecular weight is 268 g/mol. The normalized spacial score (nSPS) is 16.0. The molecular formula is C12H13FN2O2S. The number of halogens is 1. The minimum atomic E-state index is -3.81. The second-order valence-corrected chi connectivity index (χ2v) is 6.11. The smallest absolute Gasteiger partial charge is 0.211 e. The zero-order chi connectivity index (χ0) is 13.2. The van der Waals surface area contributed by atoms with E-state index in [1.54, 1.807) is 6.07 Å². The first-order valence-electron chi connectivity index (χ1n) is 5.73. The van der Waals surface area contributed by atoms with Crippen LogP contribution in [0.5, 0.6) is 0 Å². The molecule has 0 amide bonds. The Balaban J connectivity index is 2.23. The van der Waals surface area contributed by atoms with E-state index in [1.807, 2.05) is 0 Å². The van der Waals surface area contributed by atoms with Gasteiger partial charge in [0, 0.05) is 6.54 Å². The Kier molecular flexibility index (Phi) is 3.64. The van der Waals surface area contributed by atoms with Crippen molar-refractivity contribution >= 4 is 10.0 Å². The Morgan fingerprint density at radius 1 is 1.44 bits per heavy atom. The molecule has 18 heavy (non-hydrogen) atoms. The van der Waals surface area contributed by atoms with Crippen molar-refractivity contribution in [1.29, 1.82) is 5.26 Å². The van der Waals surface area contributed by atoms with Crippen LogP contribution in [0.15, 0.2) is 23.1 Å². The van der Waals surface area contributed by atoms with Gasteiger partial charge in [0.15, 0.2) is 0 Å². The molecule has 0 unspecified atom stereocenters. The number of nitrogens with one attached hydrogen (secondary N) is 1. The first kappa shape index (κ1) is 13.0. The standard InChI is InChI=1S/C12H13FN2O2S/c13-11-5-2-6-12(10(11)7-14)18(16,17)15-8-9-3-1-4-9/h2,5-6,9,15H,1,3-4,8H2. The van der Waals surface area contributed by atoms with Crippen LogP contribution in [0.2, 0.25) is 0 Å². The van der Waals surface area contributed by atoms with Crippen LogP contribution >= 0.6 is 0 Å². The lowest BCUT2D eigenvalue weighted by molar-refractivity contribution is 0.316. The molecule has 0 bridgehead atoms. The Bertz CT molecular complexity index is 589. The molecule has 0 aromatic heterocycles. The highest BCUT2D eigenvalue weighted by Gasteiger charge is 2.24. The van der Waals surface area contributed by atoms with E-state index in [9.17, 15) is 12.8 Å². The summed E-state index contributed by atoms with van der Waals surface area (Å²) in [6.45, 7) is 0.351. The van der Waals surface area contributed by atoms with Gasteiger partial charge in [-0.25, -0.2) is 17.5 Å². The highest BCUT2D eigenvalue weighted by molar-refractivity contribution is 7.89. The molecule has 1 fully saturated rings. The van der Waals surface area contributed by atoms with Crippen molar-refractivity contribution in [3.05, 3.63) is 29.6 Å². The van der Waals surface area contributed by atoms with E-state index >= 15 is 0 Å². The first-order chi connectivity index (χ1) is 8.54. The molecule has 0 radical (unpaired) electrons. The lowest BCUT2D eigenvalue weighted by Crippen LogP contribution is -2.32. The van der Waals surface area contributed by atoms with Crippen molar-refractivity contribution in [2.45, 2.75) is 24.2 Å². The molecule has 1 saturated carbocycles. The largest absolute Gasteiger partial charge is 0.242 e. The molecule has 96 valence electrons. The summed E-state index contributed by atoms with van der Waals surface area (Å²) >= 11 is 0. The summed E-state index contributed by atoms with van der Waals surface area (Å²) < 4.78 is 39.7. The van der Waals surface area contributed by atoms with Crippen molar-refractivity contribution in [1.82, 2.24) is 4.72 Å². The van der Waals surface area contributed by atoms with Crippen LogP contribution in [0.1, 0.15) is 24.8 Å². The minimum absolute atomic E-state index is 0.288. The first-order valence-corrected chi connectivity index (χ1v) is 7.21. The maximum Gasteiger partial charge on any atom is 0.242 e. The Labute approximate surface area is 105 Å². The second kappa shape index (κ2) is 5.04. The van der Waals surface area contributed by atoms with Gasteiger partial charge in [0.25, 0.3) is 0 Å². The predicted octanol–water partition coefficient (Wildman–Crippen LogP) is 1.78. The number of rotatable bonds is 4. The van der Waals surface area contributed by atoms with Crippen LogP contribution in [0.3, 0.4) is 0 Å². The lowest BCUT2D eigenvalue weighted by Gasteiger charge is -2.25. The van der Waals surface area contributed by atoms with Crippen molar-refractivity contribution < 1.29 is 12.8 Å². The van der Waals surface area contributed by atoms with Crippen LogP contribution in [0, 0.1) is 23.1 Å². The topological polar surface area (TPSA) is 70.0 Å². The molecule has 0 atom stereocenters. The molecule has 1 N–H and O–H groups in total. The van der Waals surface area contributed by atoms with E-state index in [0.717, 1.165) is 25.3 Å². The average Bonchev–Trinajstić information content (AvgIpc) is 2.26. The van der Waals surface area contributed by atoms with Gasteiger partial charge >= 0.3 is 0 Å². The molecule has 1 aliphatic carbocycles. The van der Waals surface area contributed by atoms with E-state index in [-0.39, 0.29) is 4.90 Å². The quantitative estimate of drug-likeness (QED) is 0.904.